The number of methoxy groups -OCH3 is 1. The van der Waals surface area contributed by atoms with E-state index in [1.807, 2.05) is 23.6 Å². The summed E-state index contributed by atoms with van der Waals surface area (Å²) in [6.45, 7) is 0.618. The molecule has 0 aliphatic rings. The summed E-state index contributed by atoms with van der Waals surface area (Å²) in [5.74, 6) is 0.675. The highest BCUT2D eigenvalue weighted by Crippen LogP contribution is 2.31. The maximum Gasteiger partial charge on any atom is 0.137 e. The number of thiazole rings is 1. The predicted octanol–water partition coefficient (Wildman–Crippen LogP) is 2.97. The first-order valence-corrected chi connectivity index (χ1v) is 6.48. The van der Waals surface area contributed by atoms with Crippen LogP contribution in [0.2, 0.25) is 5.02 Å². The normalized spacial score (nSPS) is 10.5. The quantitative estimate of drug-likeness (QED) is 0.927. The molecule has 0 spiro atoms. The van der Waals surface area contributed by atoms with Crippen LogP contribution in [-0.4, -0.2) is 18.6 Å². The lowest BCUT2D eigenvalue weighted by Gasteiger charge is -2.03. The molecular weight excluding hydrogens is 256 g/mol. The molecule has 0 radical (unpaired) electrons. The standard InChI is InChI=1S/C12H13ClN2OS/c1-16-11-3-2-8(6-10(11)13)12-15-9(4-5-14)7-17-12/h2-3,6-7H,4-5,14H2,1H3. The van der Waals surface area contributed by atoms with Gasteiger partial charge in [-0.2, -0.15) is 0 Å². The van der Waals surface area contributed by atoms with Crippen LogP contribution in [0, 0.1) is 0 Å². The fraction of sp³-hybridized carbons (Fsp3) is 0.250. The Morgan fingerprint density at radius 3 is 2.94 bits per heavy atom. The van der Waals surface area contributed by atoms with Gasteiger partial charge in [-0.3, -0.25) is 0 Å². The Labute approximate surface area is 109 Å². The van der Waals surface area contributed by atoms with Crippen molar-refractivity contribution in [2.24, 2.45) is 5.73 Å². The Kier molecular flexibility index (Phi) is 3.99. The third-order valence-electron chi connectivity index (χ3n) is 2.35. The molecule has 0 bridgehead atoms. The van der Waals surface area contributed by atoms with Gasteiger partial charge in [-0.25, -0.2) is 4.98 Å². The van der Waals surface area contributed by atoms with Crippen LogP contribution in [0.5, 0.6) is 5.75 Å². The highest BCUT2D eigenvalue weighted by Gasteiger charge is 2.07. The van der Waals surface area contributed by atoms with Gasteiger partial charge in [-0.1, -0.05) is 11.6 Å². The van der Waals surface area contributed by atoms with Gasteiger partial charge < -0.3 is 10.5 Å². The zero-order valence-corrected chi connectivity index (χ0v) is 11.0. The molecule has 0 saturated carbocycles. The summed E-state index contributed by atoms with van der Waals surface area (Å²) in [6, 6.07) is 5.67. The number of halogens is 1. The summed E-state index contributed by atoms with van der Waals surface area (Å²) in [7, 11) is 1.60. The maximum absolute atomic E-state index is 6.08. The Morgan fingerprint density at radius 2 is 2.29 bits per heavy atom. The lowest BCUT2D eigenvalue weighted by atomic mass is 10.2. The fourth-order valence-electron chi connectivity index (χ4n) is 1.50. The second-order valence-electron chi connectivity index (χ2n) is 3.53. The summed E-state index contributed by atoms with van der Waals surface area (Å²) in [4.78, 5) is 4.51. The van der Waals surface area contributed by atoms with Gasteiger partial charge in [0.1, 0.15) is 10.8 Å². The summed E-state index contributed by atoms with van der Waals surface area (Å²) in [6.07, 6.45) is 0.806. The number of nitrogens with two attached hydrogens (primary N) is 1. The molecule has 0 aliphatic heterocycles. The molecule has 90 valence electrons. The minimum atomic E-state index is 0.598. The van der Waals surface area contributed by atoms with E-state index in [0.717, 1.165) is 22.7 Å². The number of benzene rings is 1. The van der Waals surface area contributed by atoms with Crippen molar-refractivity contribution in [3.8, 4) is 16.3 Å². The van der Waals surface area contributed by atoms with Crippen LogP contribution in [0.1, 0.15) is 5.69 Å². The highest BCUT2D eigenvalue weighted by molar-refractivity contribution is 7.13. The molecule has 3 nitrogen and oxygen atoms in total. The monoisotopic (exact) mass is 268 g/mol. The van der Waals surface area contributed by atoms with E-state index >= 15 is 0 Å². The number of hydrogen-bond acceptors (Lipinski definition) is 4. The number of hydrogen-bond donors (Lipinski definition) is 1. The second-order valence-corrected chi connectivity index (χ2v) is 4.80. The molecule has 1 aromatic carbocycles. The SMILES string of the molecule is COc1ccc(-c2nc(CCN)cs2)cc1Cl. The largest absolute Gasteiger partial charge is 0.495 e. The topological polar surface area (TPSA) is 48.1 Å². The van der Waals surface area contributed by atoms with E-state index in [-0.39, 0.29) is 0 Å². The van der Waals surface area contributed by atoms with E-state index in [9.17, 15) is 0 Å². The molecule has 1 heterocycles. The average molecular weight is 269 g/mol. The van der Waals surface area contributed by atoms with E-state index in [1.54, 1.807) is 18.4 Å². The minimum absolute atomic E-state index is 0.598. The van der Waals surface area contributed by atoms with Crippen LogP contribution in [-0.2, 0) is 6.42 Å². The zero-order chi connectivity index (χ0) is 12.3. The van der Waals surface area contributed by atoms with E-state index in [4.69, 9.17) is 22.1 Å². The van der Waals surface area contributed by atoms with Crippen molar-refractivity contribution < 1.29 is 4.74 Å². The Balaban J connectivity index is 2.29. The van der Waals surface area contributed by atoms with Gasteiger partial charge >= 0.3 is 0 Å². The van der Waals surface area contributed by atoms with E-state index in [0.29, 0.717) is 17.3 Å². The van der Waals surface area contributed by atoms with Crippen molar-refractivity contribution in [2.45, 2.75) is 6.42 Å². The van der Waals surface area contributed by atoms with Gasteiger partial charge in [-0.05, 0) is 24.7 Å². The average Bonchev–Trinajstić information content (AvgIpc) is 2.78. The molecule has 0 atom stereocenters. The molecule has 1 aromatic heterocycles. The molecule has 0 unspecified atom stereocenters. The van der Waals surface area contributed by atoms with Gasteiger partial charge in [0.2, 0.25) is 0 Å². The molecule has 2 N–H and O–H groups in total. The second kappa shape index (κ2) is 5.49. The Hall–Kier alpha value is -1.10. The van der Waals surface area contributed by atoms with Gasteiger partial charge in [0.25, 0.3) is 0 Å². The van der Waals surface area contributed by atoms with Crippen molar-refractivity contribution in [1.29, 1.82) is 0 Å². The van der Waals surface area contributed by atoms with Gasteiger partial charge in [0.15, 0.2) is 0 Å². The van der Waals surface area contributed by atoms with Crippen molar-refractivity contribution in [1.82, 2.24) is 4.98 Å². The van der Waals surface area contributed by atoms with Crippen LogP contribution in [0.4, 0.5) is 0 Å². The maximum atomic E-state index is 6.08. The van der Waals surface area contributed by atoms with Crippen molar-refractivity contribution in [3.05, 3.63) is 34.3 Å². The smallest absolute Gasteiger partial charge is 0.137 e. The van der Waals surface area contributed by atoms with Crippen molar-refractivity contribution in [2.75, 3.05) is 13.7 Å². The molecule has 0 amide bonds. The summed E-state index contributed by atoms with van der Waals surface area (Å²) in [5, 5.41) is 3.58. The first kappa shape index (κ1) is 12.4. The Bertz CT molecular complexity index is 513. The van der Waals surface area contributed by atoms with Crippen molar-refractivity contribution >= 4 is 22.9 Å². The van der Waals surface area contributed by atoms with Crippen LogP contribution < -0.4 is 10.5 Å². The number of rotatable bonds is 4. The summed E-state index contributed by atoms with van der Waals surface area (Å²) in [5.41, 5.74) is 7.53. The number of nitrogens with zero attached hydrogens (tertiary/aromatic N) is 1. The van der Waals surface area contributed by atoms with Crippen LogP contribution in [0.15, 0.2) is 23.6 Å². The fourth-order valence-corrected chi connectivity index (χ4v) is 2.61. The summed E-state index contributed by atoms with van der Waals surface area (Å²) >= 11 is 7.68. The molecule has 5 heteroatoms. The van der Waals surface area contributed by atoms with Gasteiger partial charge in [-0.15, -0.1) is 11.3 Å². The predicted molar refractivity (Wildman–Crippen MR) is 71.9 cm³/mol. The molecular formula is C12H13ClN2OS. The molecule has 0 saturated heterocycles. The Morgan fingerprint density at radius 1 is 1.47 bits per heavy atom. The van der Waals surface area contributed by atoms with Crippen LogP contribution in [0.25, 0.3) is 10.6 Å². The van der Waals surface area contributed by atoms with E-state index in [1.165, 1.54) is 0 Å². The van der Waals surface area contributed by atoms with Crippen LogP contribution in [0.3, 0.4) is 0 Å². The third kappa shape index (κ3) is 2.77. The van der Waals surface area contributed by atoms with E-state index < -0.39 is 0 Å². The first-order chi connectivity index (χ1) is 8.24. The van der Waals surface area contributed by atoms with E-state index in [2.05, 4.69) is 4.98 Å². The molecule has 2 aromatic rings. The lowest BCUT2D eigenvalue weighted by molar-refractivity contribution is 0.415. The van der Waals surface area contributed by atoms with Gasteiger partial charge in [0, 0.05) is 17.4 Å². The number of aromatic nitrogens is 1. The summed E-state index contributed by atoms with van der Waals surface area (Å²) < 4.78 is 5.11. The highest BCUT2D eigenvalue weighted by atomic mass is 35.5. The molecule has 2 rings (SSSR count). The minimum Gasteiger partial charge on any atom is -0.495 e. The third-order valence-corrected chi connectivity index (χ3v) is 3.59. The molecule has 0 fully saturated rings. The van der Waals surface area contributed by atoms with Crippen LogP contribution >= 0.6 is 22.9 Å². The lowest BCUT2D eigenvalue weighted by Crippen LogP contribution is -2.02. The molecule has 0 aliphatic carbocycles. The number of ether oxygens (including phenoxy) is 1. The zero-order valence-electron chi connectivity index (χ0n) is 9.44. The van der Waals surface area contributed by atoms with Gasteiger partial charge in [0.05, 0.1) is 17.8 Å². The first-order valence-electron chi connectivity index (χ1n) is 5.23. The molecule has 17 heavy (non-hydrogen) atoms. The van der Waals surface area contributed by atoms with Crippen molar-refractivity contribution in [3.63, 3.8) is 0 Å².